The van der Waals surface area contributed by atoms with E-state index in [1.165, 1.54) is 6.42 Å². The Morgan fingerprint density at radius 3 is 2.31 bits per heavy atom. The number of hydrogen-bond donors (Lipinski definition) is 1. The van der Waals surface area contributed by atoms with Crippen LogP contribution in [0.4, 0.5) is 0 Å². The number of rotatable bonds is 10. The zero-order valence-electron chi connectivity index (χ0n) is 17.7. The standard InChI is InChI=1S/C22H39NO2Se/c1-7-10-16(23-18(24)12-9-3)17(11-8-2)26-19-15-13-14-22(6,20(19)25)21(15,4)5/h15-17,19H,7-14H2,1-6H3,(H,23,24)/t15?,16-,17+,19?,22?/m1/s1. The van der Waals surface area contributed by atoms with Crippen molar-refractivity contribution >= 4 is 26.6 Å². The van der Waals surface area contributed by atoms with Crippen LogP contribution in [0.3, 0.4) is 0 Å². The normalized spacial score (nSPS) is 31.8. The fourth-order valence-electron chi connectivity index (χ4n) is 5.17. The molecule has 150 valence electrons. The fourth-order valence-corrected chi connectivity index (χ4v) is 9.76. The topological polar surface area (TPSA) is 46.2 Å². The SMILES string of the molecule is CCCC(=O)N[C@H](CCC)[C@H](CCC)[Se]C1C(=O)C2(C)CCC1C2(C)C. The molecule has 3 nitrogen and oxygen atoms in total. The Hall–Kier alpha value is -0.341. The number of amides is 1. The van der Waals surface area contributed by atoms with Gasteiger partial charge in [-0.25, -0.2) is 0 Å². The molecule has 0 spiro atoms. The van der Waals surface area contributed by atoms with Crippen LogP contribution < -0.4 is 5.32 Å². The number of ketones is 1. The summed E-state index contributed by atoms with van der Waals surface area (Å²) in [5, 5.41) is 3.33. The first kappa shape index (κ1) is 22.0. The second-order valence-electron chi connectivity index (χ2n) is 9.16. The Bertz CT molecular complexity index is 518. The molecule has 0 radical (unpaired) electrons. The van der Waals surface area contributed by atoms with Gasteiger partial charge in [0.2, 0.25) is 0 Å². The van der Waals surface area contributed by atoms with E-state index in [4.69, 9.17) is 0 Å². The molecule has 2 aliphatic carbocycles. The van der Waals surface area contributed by atoms with Crippen molar-refractivity contribution in [1.29, 1.82) is 0 Å². The second-order valence-corrected chi connectivity index (χ2v) is 12.1. The zero-order chi connectivity index (χ0) is 19.5. The fraction of sp³-hybridized carbons (Fsp3) is 0.909. The van der Waals surface area contributed by atoms with Gasteiger partial charge in [0.25, 0.3) is 0 Å². The van der Waals surface area contributed by atoms with Crippen molar-refractivity contribution in [2.45, 2.75) is 109 Å². The molecule has 5 atom stereocenters. The van der Waals surface area contributed by atoms with Gasteiger partial charge in [0.1, 0.15) is 0 Å². The molecule has 0 aromatic rings. The van der Waals surface area contributed by atoms with E-state index < -0.39 is 0 Å². The summed E-state index contributed by atoms with van der Waals surface area (Å²) in [5.74, 6) is 1.28. The van der Waals surface area contributed by atoms with Crippen LogP contribution in [0.15, 0.2) is 0 Å². The van der Waals surface area contributed by atoms with Crippen molar-refractivity contribution in [3.05, 3.63) is 0 Å². The third-order valence-corrected chi connectivity index (χ3v) is 10.9. The van der Waals surface area contributed by atoms with E-state index in [9.17, 15) is 9.59 Å². The van der Waals surface area contributed by atoms with E-state index in [-0.39, 0.29) is 42.6 Å². The molecule has 0 aliphatic heterocycles. The van der Waals surface area contributed by atoms with Crippen LogP contribution in [0.5, 0.6) is 0 Å². The van der Waals surface area contributed by atoms with Crippen molar-refractivity contribution < 1.29 is 9.59 Å². The molecular weight excluding hydrogens is 389 g/mol. The Balaban J connectivity index is 2.16. The summed E-state index contributed by atoms with van der Waals surface area (Å²) < 4.78 is 0. The molecule has 1 amide bonds. The second kappa shape index (κ2) is 8.78. The molecule has 0 aromatic carbocycles. The van der Waals surface area contributed by atoms with Gasteiger partial charge in [-0.2, -0.15) is 0 Å². The minimum absolute atomic E-state index is 0.118. The van der Waals surface area contributed by atoms with Crippen LogP contribution in [-0.4, -0.2) is 32.7 Å². The third kappa shape index (κ3) is 3.92. The first-order valence-electron chi connectivity index (χ1n) is 10.7. The van der Waals surface area contributed by atoms with Crippen LogP contribution in [0.2, 0.25) is 9.63 Å². The van der Waals surface area contributed by atoms with Gasteiger partial charge in [-0.1, -0.05) is 0 Å². The molecule has 4 heteroatoms. The maximum atomic E-state index is 13.3. The molecule has 0 aromatic heterocycles. The van der Waals surface area contributed by atoms with E-state index in [0.29, 0.717) is 22.9 Å². The van der Waals surface area contributed by atoms with Crippen LogP contribution in [0, 0.1) is 16.7 Å². The van der Waals surface area contributed by atoms with E-state index in [2.05, 4.69) is 46.9 Å². The first-order chi connectivity index (χ1) is 12.2. The number of carbonyl (C=O) groups excluding carboxylic acids is 2. The molecule has 2 fully saturated rings. The summed E-state index contributed by atoms with van der Waals surface area (Å²) in [6.07, 6.45) is 8.16. The van der Waals surface area contributed by atoms with Crippen molar-refractivity contribution in [2.75, 3.05) is 0 Å². The number of Topliss-reactive ketones (excluding diaryl/α,β-unsaturated/α-hetero) is 1. The molecule has 3 unspecified atom stereocenters. The monoisotopic (exact) mass is 429 g/mol. The van der Waals surface area contributed by atoms with Crippen molar-refractivity contribution in [2.24, 2.45) is 16.7 Å². The van der Waals surface area contributed by atoms with Gasteiger partial charge in [-0.15, -0.1) is 0 Å². The average molecular weight is 429 g/mol. The van der Waals surface area contributed by atoms with Crippen molar-refractivity contribution in [1.82, 2.24) is 5.32 Å². The van der Waals surface area contributed by atoms with Gasteiger partial charge >= 0.3 is 167 Å². The molecule has 1 N–H and O–H groups in total. The van der Waals surface area contributed by atoms with Gasteiger partial charge in [0.05, 0.1) is 0 Å². The summed E-state index contributed by atoms with van der Waals surface area (Å²) in [4.78, 5) is 26.3. The van der Waals surface area contributed by atoms with Crippen LogP contribution in [-0.2, 0) is 9.59 Å². The molecular formula is C22H39NO2Se. The van der Waals surface area contributed by atoms with E-state index in [1.807, 2.05) is 0 Å². The van der Waals surface area contributed by atoms with E-state index >= 15 is 0 Å². The predicted octanol–water partition coefficient (Wildman–Crippen LogP) is 5.18. The number of nitrogens with one attached hydrogen (secondary N) is 1. The molecule has 0 heterocycles. The van der Waals surface area contributed by atoms with Gasteiger partial charge in [-0.3, -0.25) is 0 Å². The summed E-state index contributed by atoms with van der Waals surface area (Å²) in [6.45, 7) is 13.3. The van der Waals surface area contributed by atoms with Crippen LogP contribution >= 0.6 is 0 Å². The third-order valence-electron chi connectivity index (χ3n) is 7.24. The number of hydrogen-bond acceptors (Lipinski definition) is 2. The van der Waals surface area contributed by atoms with Crippen molar-refractivity contribution in [3.8, 4) is 0 Å². The minimum atomic E-state index is -0.118. The average Bonchev–Trinajstić information content (AvgIpc) is 2.88. The number of carbonyl (C=O) groups is 2. The van der Waals surface area contributed by atoms with Gasteiger partial charge in [0, 0.05) is 0 Å². The van der Waals surface area contributed by atoms with Gasteiger partial charge < -0.3 is 0 Å². The van der Waals surface area contributed by atoms with E-state index in [1.54, 1.807) is 0 Å². The van der Waals surface area contributed by atoms with Crippen LogP contribution in [0.25, 0.3) is 0 Å². The summed E-state index contributed by atoms with van der Waals surface area (Å²) in [7, 11) is 0. The van der Waals surface area contributed by atoms with Crippen molar-refractivity contribution in [3.63, 3.8) is 0 Å². The Labute approximate surface area is 167 Å². The Kier molecular flexibility index (Phi) is 7.41. The Morgan fingerprint density at radius 2 is 1.81 bits per heavy atom. The van der Waals surface area contributed by atoms with Crippen LogP contribution in [0.1, 0.15) is 92.9 Å². The molecule has 2 rings (SSSR count). The summed E-state index contributed by atoms with van der Waals surface area (Å²) >= 11 is 0.270. The van der Waals surface area contributed by atoms with E-state index in [0.717, 1.165) is 38.5 Å². The number of fused-ring (bicyclic) bond motifs is 2. The first-order valence-corrected chi connectivity index (χ1v) is 12.7. The molecule has 2 bridgehead atoms. The predicted molar refractivity (Wildman–Crippen MR) is 110 cm³/mol. The Morgan fingerprint density at radius 1 is 1.15 bits per heavy atom. The zero-order valence-corrected chi connectivity index (χ0v) is 19.4. The molecule has 2 aliphatic rings. The summed E-state index contributed by atoms with van der Waals surface area (Å²) in [6, 6.07) is 0.252. The van der Waals surface area contributed by atoms with Gasteiger partial charge in [-0.05, 0) is 0 Å². The molecule has 2 saturated carbocycles. The quantitative estimate of drug-likeness (QED) is 0.488. The van der Waals surface area contributed by atoms with Gasteiger partial charge in [0.15, 0.2) is 0 Å². The molecule has 0 saturated heterocycles. The summed E-state index contributed by atoms with van der Waals surface area (Å²) in [5.41, 5.74) is 0.0194. The molecule has 26 heavy (non-hydrogen) atoms. The maximum absolute atomic E-state index is 13.3.